The lowest BCUT2D eigenvalue weighted by Gasteiger charge is -2.44. The Morgan fingerprint density at radius 1 is 0.754 bits per heavy atom. The molecular formula is C54H97N5O10. The number of nitrogens with zero attached hydrogens (tertiary/aromatic N) is 5. The second-order valence-electron chi connectivity index (χ2n) is 22.0. The van der Waals surface area contributed by atoms with Gasteiger partial charge in [-0.15, -0.1) is 0 Å². The number of hydrogen-bond acceptors (Lipinski definition) is 15. The zero-order valence-electron chi connectivity index (χ0n) is 43.8. The molecule has 0 spiro atoms. The molecule has 69 heavy (non-hydrogen) atoms. The minimum atomic E-state index is -1.09. The molecule has 5 N–H and O–H groups in total. The fourth-order valence-corrected chi connectivity index (χ4v) is 12.2. The number of ether oxygens (including phenoxy) is 3. The molecule has 5 aliphatic rings. The van der Waals surface area contributed by atoms with Crippen molar-refractivity contribution in [2.24, 2.45) is 23.7 Å². The number of aliphatic hydroxyl groups excluding tert-OH is 5. The monoisotopic (exact) mass is 976 g/mol. The van der Waals surface area contributed by atoms with E-state index in [1.165, 1.54) is 19.3 Å². The summed E-state index contributed by atoms with van der Waals surface area (Å²) in [5.41, 5.74) is 0.998. The summed E-state index contributed by atoms with van der Waals surface area (Å²) in [4.78, 5) is 40.4. The summed E-state index contributed by atoms with van der Waals surface area (Å²) in [5, 5.41) is 54.7. The van der Waals surface area contributed by atoms with Gasteiger partial charge in [-0.3, -0.25) is 14.5 Å². The molecule has 0 amide bonds. The number of piperidine rings is 3. The molecule has 0 radical (unpaired) electrons. The number of carbonyl (C=O) groups is 2. The number of aliphatic hydroxyl groups is 5. The molecule has 5 aliphatic heterocycles. The van der Waals surface area contributed by atoms with Crippen molar-refractivity contribution in [3.05, 3.63) is 23.8 Å². The predicted molar refractivity (Wildman–Crippen MR) is 271 cm³/mol. The number of cyclic esters (lactones) is 1. The van der Waals surface area contributed by atoms with Gasteiger partial charge < -0.3 is 59.3 Å². The van der Waals surface area contributed by atoms with E-state index in [2.05, 4.69) is 41.5 Å². The lowest BCUT2D eigenvalue weighted by molar-refractivity contribution is -0.281. The largest absolute Gasteiger partial charge is 0.465 e. The minimum absolute atomic E-state index is 0.0508. The Morgan fingerprint density at radius 3 is 1.88 bits per heavy atom. The summed E-state index contributed by atoms with van der Waals surface area (Å²) < 4.78 is 18.6. The van der Waals surface area contributed by atoms with Crippen LogP contribution in [-0.2, 0) is 23.8 Å². The van der Waals surface area contributed by atoms with Crippen molar-refractivity contribution in [2.45, 2.75) is 185 Å². The summed E-state index contributed by atoms with van der Waals surface area (Å²) >= 11 is 0. The third-order valence-electron chi connectivity index (χ3n) is 16.4. The fourth-order valence-electron chi connectivity index (χ4n) is 12.2. The van der Waals surface area contributed by atoms with Crippen LogP contribution in [0, 0.1) is 23.7 Å². The zero-order chi connectivity index (χ0) is 49.9. The van der Waals surface area contributed by atoms with Gasteiger partial charge in [0.2, 0.25) is 0 Å². The third-order valence-corrected chi connectivity index (χ3v) is 16.4. The SMILES string of the molecule is CC(CC1=C[C@H](CN(CCO)CCO)COC(=O)C[C@@H](O)[C@@H](CC(C)N2CCCCC2)[C@H](CCO[C@@H]2O[C@H](C)[C@@H](O)[C@H](N(C)C)[C@H]2O)CC[C@H](CC(C)N2CCCCC2)C(=O)C=C1)N1CCCCC1. The molecule has 3 unspecified atom stereocenters. The van der Waals surface area contributed by atoms with Crippen molar-refractivity contribution in [3.63, 3.8) is 0 Å². The van der Waals surface area contributed by atoms with Crippen molar-refractivity contribution in [1.29, 1.82) is 0 Å². The Kier molecular flexibility index (Phi) is 25.5. The van der Waals surface area contributed by atoms with E-state index >= 15 is 0 Å². The van der Waals surface area contributed by atoms with Crippen molar-refractivity contribution in [2.75, 3.05) is 99.4 Å². The van der Waals surface area contributed by atoms with Crippen molar-refractivity contribution >= 4 is 11.8 Å². The molecule has 5 rings (SSSR count). The second kappa shape index (κ2) is 30.4. The highest BCUT2D eigenvalue weighted by Crippen LogP contribution is 2.36. The molecular weight excluding hydrogens is 879 g/mol. The number of allylic oxidation sites excluding steroid dienone is 2. The Bertz CT molecular complexity index is 1530. The third kappa shape index (κ3) is 18.5. The van der Waals surface area contributed by atoms with Crippen LogP contribution in [0.4, 0.5) is 0 Å². The Labute approximate surface area is 416 Å². The quantitative estimate of drug-likeness (QED) is 0.108. The van der Waals surface area contributed by atoms with E-state index in [-0.39, 0.29) is 80.4 Å². The van der Waals surface area contributed by atoms with Gasteiger partial charge in [-0.2, -0.15) is 0 Å². The summed E-state index contributed by atoms with van der Waals surface area (Å²) in [6.07, 6.45) is 15.6. The highest BCUT2D eigenvalue weighted by molar-refractivity contribution is 5.92. The summed E-state index contributed by atoms with van der Waals surface area (Å²) in [6.45, 7) is 15.9. The second-order valence-corrected chi connectivity index (χ2v) is 22.0. The van der Waals surface area contributed by atoms with Crippen LogP contribution in [0.1, 0.15) is 130 Å². The van der Waals surface area contributed by atoms with E-state index in [1.807, 2.05) is 25.1 Å². The number of hydrogen-bond donors (Lipinski definition) is 5. The van der Waals surface area contributed by atoms with Crippen LogP contribution in [-0.4, -0.2) is 216 Å². The molecule has 0 saturated carbocycles. The number of esters is 1. The Balaban J connectivity index is 1.51. The molecule has 4 fully saturated rings. The Morgan fingerprint density at radius 2 is 1.32 bits per heavy atom. The maximum absolute atomic E-state index is 14.9. The van der Waals surface area contributed by atoms with Gasteiger partial charge in [0.25, 0.3) is 0 Å². The maximum atomic E-state index is 14.9. The van der Waals surface area contributed by atoms with E-state index in [4.69, 9.17) is 14.2 Å². The predicted octanol–water partition coefficient (Wildman–Crippen LogP) is 4.47. The van der Waals surface area contributed by atoms with Gasteiger partial charge >= 0.3 is 5.97 Å². The number of carbonyl (C=O) groups excluding carboxylic acids is 2. The molecule has 0 aromatic rings. The normalized spacial score (nSPS) is 33.0. The van der Waals surface area contributed by atoms with E-state index in [0.717, 1.165) is 83.4 Å². The summed E-state index contributed by atoms with van der Waals surface area (Å²) in [6, 6.07) is 0.00949. The highest BCUT2D eigenvalue weighted by atomic mass is 16.7. The van der Waals surface area contributed by atoms with Gasteiger partial charge in [-0.1, -0.05) is 31.4 Å². The molecule has 0 aromatic heterocycles. The van der Waals surface area contributed by atoms with Crippen LogP contribution in [0.3, 0.4) is 0 Å². The number of likely N-dealkylation sites (tertiary alicyclic amines) is 3. The molecule has 0 aromatic carbocycles. The minimum Gasteiger partial charge on any atom is -0.465 e. The first-order chi connectivity index (χ1) is 33.2. The molecule has 15 nitrogen and oxygen atoms in total. The van der Waals surface area contributed by atoms with E-state index in [9.17, 15) is 35.1 Å². The topological polar surface area (TPSA) is 179 Å². The average Bonchev–Trinajstić information content (AvgIpc) is 3.34. The molecule has 398 valence electrons. The molecule has 4 saturated heterocycles. The fraction of sp³-hybridized carbons (Fsp3) is 0.889. The van der Waals surface area contributed by atoms with Crippen molar-refractivity contribution in [1.82, 2.24) is 24.5 Å². The van der Waals surface area contributed by atoms with Crippen LogP contribution >= 0.6 is 0 Å². The summed E-state index contributed by atoms with van der Waals surface area (Å²) in [7, 11) is 3.64. The van der Waals surface area contributed by atoms with Gasteiger partial charge in [0.15, 0.2) is 12.1 Å². The molecule has 5 heterocycles. The van der Waals surface area contributed by atoms with Gasteiger partial charge in [-0.05, 0) is 182 Å². The van der Waals surface area contributed by atoms with Crippen molar-refractivity contribution in [3.8, 4) is 0 Å². The van der Waals surface area contributed by atoms with E-state index < -0.39 is 42.7 Å². The maximum Gasteiger partial charge on any atom is 0.308 e. The number of ketones is 1. The van der Waals surface area contributed by atoms with Gasteiger partial charge in [0.05, 0.1) is 57.2 Å². The Hall–Kier alpha value is -1.86. The number of rotatable bonds is 20. The van der Waals surface area contributed by atoms with E-state index in [1.54, 1.807) is 17.9 Å². The van der Waals surface area contributed by atoms with E-state index in [0.29, 0.717) is 58.2 Å². The van der Waals surface area contributed by atoms with Crippen LogP contribution in [0.5, 0.6) is 0 Å². The lowest BCUT2D eigenvalue weighted by Crippen LogP contribution is -2.62. The van der Waals surface area contributed by atoms with Crippen LogP contribution < -0.4 is 0 Å². The van der Waals surface area contributed by atoms with Crippen LogP contribution in [0.25, 0.3) is 0 Å². The van der Waals surface area contributed by atoms with Crippen LogP contribution in [0.2, 0.25) is 0 Å². The molecule has 0 aliphatic carbocycles. The summed E-state index contributed by atoms with van der Waals surface area (Å²) in [5.74, 6) is -1.43. The first kappa shape index (κ1) is 58.0. The molecule has 13 atom stereocenters. The van der Waals surface area contributed by atoms with Crippen LogP contribution in [0.15, 0.2) is 23.8 Å². The lowest BCUT2D eigenvalue weighted by atomic mass is 9.75. The number of likely N-dealkylation sites (N-methyl/N-ethyl adjacent to an activating group) is 1. The van der Waals surface area contributed by atoms with Gasteiger partial charge in [0.1, 0.15) is 6.10 Å². The van der Waals surface area contributed by atoms with Gasteiger partial charge in [-0.25, -0.2) is 0 Å². The smallest absolute Gasteiger partial charge is 0.308 e. The standard InChI is InChI=1S/C54H97N5O10/c1-39(57-21-10-7-11-22-57)32-43-16-19-48(62)46(33-40(2)58-23-12-8-13-24-58)18-17-45(20-31-67-54-53(66)51(55(5)6)52(65)42(4)69-54)47(34-41(3)59-25-14-9-15-26-59)49(63)36-50(64)68-38-44(35-43)37-56(27-29-60)28-30-61/h16,19,35,39-42,44-47,49,51-54,60-61,63,65-66H,7-15,17-18,20-34,36-38H2,1-6H3/t39?,40?,41?,42-,44-,45+,46-,47+,49-,51+,52-,53-,54-/m1/s1. The first-order valence-corrected chi connectivity index (χ1v) is 27.4. The molecule has 0 bridgehead atoms. The first-order valence-electron chi connectivity index (χ1n) is 27.4. The molecule has 15 heteroatoms. The van der Waals surface area contributed by atoms with Crippen molar-refractivity contribution < 1.29 is 49.3 Å². The highest BCUT2D eigenvalue weighted by Gasteiger charge is 2.45. The van der Waals surface area contributed by atoms with Gasteiger partial charge in [0, 0.05) is 49.6 Å². The average molecular weight is 976 g/mol. The zero-order valence-corrected chi connectivity index (χ0v) is 43.8.